The summed E-state index contributed by atoms with van der Waals surface area (Å²) >= 11 is 0. The number of benzene rings is 4. The fraction of sp³-hybridized carbons (Fsp3) is 0. The summed E-state index contributed by atoms with van der Waals surface area (Å²) in [6, 6.07) is 35.7. The van der Waals surface area contributed by atoms with E-state index < -0.39 is 0 Å². The van der Waals surface area contributed by atoms with Crippen LogP contribution in [0.4, 0.5) is 5.69 Å². The molecule has 0 atom stereocenters. The van der Waals surface area contributed by atoms with E-state index in [0.717, 1.165) is 45.0 Å². The predicted molar refractivity (Wildman–Crippen MR) is 142 cm³/mol. The number of nitrogens with zero attached hydrogens (tertiary/aromatic N) is 3. The molecule has 36 heavy (non-hydrogen) atoms. The Bertz CT molecular complexity index is 1480. The molecular formula is C31H21N3O2. The van der Waals surface area contributed by atoms with Crippen LogP contribution in [-0.2, 0) is 0 Å². The molecule has 0 aliphatic carbocycles. The van der Waals surface area contributed by atoms with Gasteiger partial charge in [-0.1, -0.05) is 72.8 Å². The fourth-order valence-corrected chi connectivity index (χ4v) is 3.84. The van der Waals surface area contributed by atoms with E-state index >= 15 is 0 Å². The lowest BCUT2D eigenvalue weighted by Gasteiger charge is -1.99. The van der Waals surface area contributed by atoms with Crippen LogP contribution in [0.5, 0.6) is 0 Å². The number of aromatic nitrogens is 2. The third-order valence-electron chi connectivity index (χ3n) is 5.76. The zero-order chi connectivity index (χ0) is 24.2. The van der Waals surface area contributed by atoms with Crippen LogP contribution in [0.3, 0.4) is 0 Å². The highest BCUT2D eigenvalue weighted by Gasteiger charge is 2.09. The van der Waals surface area contributed by atoms with Crippen molar-refractivity contribution in [1.29, 1.82) is 0 Å². The van der Waals surface area contributed by atoms with Gasteiger partial charge >= 0.3 is 0 Å². The summed E-state index contributed by atoms with van der Waals surface area (Å²) in [5.41, 5.74) is 5.66. The Labute approximate surface area is 208 Å². The second kappa shape index (κ2) is 9.68. The molecule has 0 saturated heterocycles. The lowest BCUT2D eigenvalue weighted by Crippen LogP contribution is -1.82. The first-order valence-corrected chi connectivity index (χ1v) is 11.6. The molecule has 0 saturated carbocycles. The fourth-order valence-electron chi connectivity index (χ4n) is 3.84. The quantitative estimate of drug-likeness (QED) is 0.232. The van der Waals surface area contributed by atoms with Crippen molar-refractivity contribution in [3.05, 3.63) is 127 Å². The van der Waals surface area contributed by atoms with E-state index in [-0.39, 0.29) is 0 Å². The molecule has 2 aromatic heterocycles. The van der Waals surface area contributed by atoms with E-state index in [1.165, 1.54) is 0 Å². The number of oxazole rings is 2. The van der Waals surface area contributed by atoms with E-state index in [1.807, 2.05) is 115 Å². The molecule has 0 amide bonds. The molecular weight excluding hydrogens is 446 g/mol. The summed E-state index contributed by atoms with van der Waals surface area (Å²) in [5, 5.41) is 0. The highest BCUT2D eigenvalue weighted by molar-refractivity contribution is 5.83. The third-order valence-corrected chi connectivity index (χ3v) is 5.76. The normalized spacial score (nSPS) is 11.2. The summed E-state index contributed by atoms with van der Waals surface area (Å²) in [7, 11) is 0. The average molecular weight is 468 g/mol. The molecule has 5 heteroatoms. The number of rotatable bonds is 6. The Morgan fingerprint density at radius 3 is 1.47 bits per heavy atom. The number of aliphatic imine (C=N–C) groups is 1. The monoisotopic (exact) mass is 467 g/mol. The van der Waals surface area contributed by atoms with Gasteiger partial charge in [0.1, 0.15) is 0 Å². The van der Waals surface area contributed by atoms with Crippen LogP contribution in [0.1, 0.15) is 5.56 Å². The van der Waals surface area contributed by atoms with Gasteiger partial charge in [-0.15, -0.1) is 0 Å². The molecule has 0 fully saturated rings. The van der Waals surface area contributed by atoms with Gasteiger partial charge in [0, 0.05) is 28.5 Å². The summed E-state index contributed by atoms with van der Waals surface area (Å²) in [4.78, 5) is 13.4. The van der Waals surface area contributed by atoms with Crippen LogP contribution < -0.4 is 0 Å². The van der Waals surface area contributed by atoms with Gasteiger partial charge in [0.25, 0.3) is 0 Å². The minimum Gasteiger partial charge on any atom is -0.436 e. The molecule has 0 aliphatic rings. The first-order valence-electron chi connectivity index (χ1n) is 11.6. The van der Waals surface area contributed by atoms with Crippen molar-refractivity contribution in [2.75, 3.05) is 0 Å². The molecule has 6 rings (SSSR count). The van der Waals surface area contributed by atoms with Crippen molar-refractivity contribution >= 4 is 11.9 Å². The lowest BCUT2D eigenvalue weighted by molar-refractivity contribution is 0.588. The Morgan fingerprint density at radius 1 is 0.500 bits per heavy atom. The van der Waals surface area contributed by atoms with Gasteiger partial charge in [0.2, 0.25) is 11.8 Å². The number of hydrogen-bond acceptors (Lipinski definition) is 5. The van der Waals surface area contributed by atoms with Gasteiger partial charge in [0.05, 0.1) is 18.1 Å². The van der Waals surface area contributed by atoms with E-state index in [4.69, 9.17) is 8.83 Å². The van der Waals surface area contributed by atoms with E-state index in [0.29, 0.717) is 11.8 Å². The number of hydrogen-bond donors (Lipinski definition) is 0. The zero-order valence-electron chi connectivity index (χ0n) is 19.3. The molecule has 0 N–H and O–H groups in total. The molecule has 2 heterocycles. The second-order valence-electron chi connectivity index (χ2n) is 8.22. The van der Waals surface area contributed by atoms with Gasteiger partial charge in [-0.3, -0.25) is 4.99 Å². The van der Waals surface area contributed by atoms with Gasteiger partial charge in [0.15, 0.2) is 11.5 Å². The SMILES string of the molecule is C(=Nc1ccc(-c2ncc(-c3ccccc3)o2)cc1)c1ccc(-c2ncc(-c3ccccc3)o2)cc1. The van der Waals surface area contributed by atoms with Crippen molar-refractivity contribution < 1.29 is 8.83 Å². The first kappa shape index (κ1) is 21.5. The summed E-state index contributed by atoms with van der Waals surface area (Å²) in [6.45, 7) is 0. The zero-order valence-corrected chi connectivity index (χ0v) is 19.3. The standard InChI is InChI=1S/C31H21N3O2/c1-3-7-23(8-4-1)28-20-33-30(35-28)25-13-11-22(12-14-25)19-32-27-17-15-26(16-18-27)31-34-21-29(36-31)24-9-5-2-6-10-24/h1-21H. The summed E-state index contributed by atoms with van der Waals surface area (Å²) in [5.74, 6) is 2.68. The molecule has 0 spiro atoms. The second-order valence-corrected chi connectivity index (χ2v) is 8.22. The molecule has 6 aromatic rings. The van der Waals surface area contributed by atoms with Crippen LogP contribution >= 0.6 is 0 Å². The van der Waals surface area contributed by atoms with Crippen molar-refractivity contribution in [1.82, 2.24) is 9.97 Å². The maximum atomic E-state index is 5.94. The molecule has 0 aliphatic heterocycles. The van der Waals surface area contributed by atoms with E-state index in [1.54, 1.807) is 12.4 Å². The Kier molecular flexibility index (Phi) is 5.78. The van der Waals surface area contributed by atoms with Crippen LogP contribution in [-0.4, -0.2) is 16.2 Å². The van der Waals surface area contributed by atoms with Crippen LogP contribution in [0.2, 0.25) is 0 Å². The van der Waals surface area contributed by atoms with Crippen molar-refractivity contribution in [2.45, 2.75) is 0 Å². The van der Waals surface area contributed by atoms with Crippen LogP contribution in [0, 0.1) is 0 Å². The molecule has 4 aromatic carbocycles. The van der Waals surface area contributed by atoms with E-state index in [2.05, 4.69) is 15.0 Å². The van der Waals surface area contributed by atoms with Crippen LogP contribution in [0.15, 0.2) is 135 Å². The summed E-state index contributed by atoms with van der Waals surface area (Å²) < 4.78 is 11.9. The van der Waals surface area contributed by atoms with E-state index in [9.17, 15) is 0 Å². The molecule has 0 bridgehead atoms. The highest BCUT2D eigenvalue weighted by Crippen LogP contribution is 2.28. The maximum Gasteiger partial charge on any atom is 0.226 e. The van der Waals surface area contributed by atoms with Crippen LogP contribution in [0.25, 0.3) is 45.6 Å². The first-order chi connectivity index (χ1) is 17.8. The smallest absolute Gasteiger partial charge is 0.226 e. The minimum absolute atomic E-state index is 0.585. The van der Waals surface area contributed by atoms with Gasteiger partial charge in [-0.05, 0) is 42.0 Å². The minimum atomic E-state index is 0.585. The molecule has 0 unspecified atom stereocenters. The molecule has 0 radical (unpaired) electrons. The lowest BCUT2D eigenvalue weighted by atomic mass is 10.1. The summed E-state index contributed by atoms with van der Waals surface area (Å²) in [6.07, 6.45) is 5.34. The van der Waals surface area contributed by atoms with Crippen molar-refractivity contribution in [3.8, 4) is 45.6 Å². The Hall–Kier alpha value is -5.03. The predicted octanol–water partition coefficient (Wildman–Crippen LogP) is 8.08. The van der Waals surface area contributed by atoms with Gasteiger partial charge in [-0.25, -0.2) is 9.97 Å². The topological polar surface area (TPSA) is 64.4 Å². The Morgan fingerprint density at radius 2 is 0.972 bits per heavy atom. The van der Waals surface area contributed by atoms with Crippen molar-refractivity contribution in [3.63, 3.8) is 0 Å². The Balaban J connectivity index is 1.13. The van der Waals surface area contributed by atoms with Crippen molar-refractivity contribution in [2.24, 2.45) is 4.99 Å². The molecule has 172 valence electrons. The van der Waals surface area contributed by atoms with Gasteiger partial charge in [-0.2, -0.15) is 0 Å². The maximum absolute atomic E-state index is 5.94. The highest BCUT2D eigenvalue weighted by atomic mass is 16.4. The average Bonchev–Trinajstić information content (AvgIpc) is 3.65. The van der Waals surface area contributed by atoms with Gasteiger partial charge < -0.3 is 8.83 Å². The largest absolute Gasteiger partial charge is 0.436 e. The molecule has 5 nitrogen and oxygen atoms in total. The third kappa shape index (κ3) is 4.63.